The molecule has 2 unspecified atom stereocenters. The van der Waals surface area contributed by atoms with Crippen LogP contribution in [0.4, 0.5) is 0 Å². The van der Waals surface area contributed by atoms with Crippen LogP contribution in [-0.4, -0.2) is 62.2 Å². The lowest BCUT2D eigenvalue weighted by Gasteiger charge is -2.37. The molecule has 0 spiro atoms. The van der Waals surface area contributed by atoms with E-state index in [1.54, 1.807) is 0 Å². The lowest BCUT2D eigenvalue weighted by atomic mass is 9.93. The van der Waals surface area contributed by atoms with E-state index in [0.29, 0.717) is 12.0 Å². The zero-order valence-electron chi connectivity index (χ0n) is 12.5. The fraction of sp³-hybridized carbons (Fsp3) is 0.929. The smallest absolute Gasteiger partial charge is 0.122 e. The summed E-state index contributed by atoms with van der Waals surface area (Å²) in [6, 6.07) is 3.01. The molecule has 2 atom stereocenters. The Morgan fingerprint density at radius 2 is 2.06 bits per heavy atom. The third kappa shape index (κ3) is 3.68. The van der Waals surface area contributed by atoms with Crippen LogP contribution < -0.4 is 5.32 Å². The number of nitrogens with one attached hydrogen (secondary N) is 1. The van der Waals surface area contributed by atoms with Gasteiger partial charge in [-0.1, -0.05) is 6.92 Å². The van der Waals surface area contributed by atoms with E-state index >= 15 is 0 Å². The molecule has 0 bridgehead atoms. The van der Waals surface area contributed by atoms with Crippen molar-refractivity contribution in [3.8, 4) is 6.07 Å². The second-order valence-corrected chi connectivity index (χ2v) is 5.78. The molecule has 0 saturated heterocycles. The van der Waals surface area contributed by atoms with E-state index in [-0.39, 0.29) is 5.54 Å². The van der Waals surface area contributed by atoms with Crippen LogP contribution in [0.1, 0.15) is 26.7 Å². The summed E-state index contributed by atoms with van der Waals surface area (Å²) in [6.45, 7) is 7.28. The first-order chi connectivity index (χ1) is 8.49. The Balaban J connectivity index is 2.68. The molecule has 0 aliphatic heterocycles. The minimum absolute atomic E-state index is 0.351. The topological polar surface area (TPSA) is 42.3 Å². The van der Waals surface area contributed by atoms with Gasteiger partial charge in [0.25, 0.3) is 0 Å². The highest BCUT2D eigenvalue weighted by Gasteiger charge is 2.45. The number of nitriles is 1. The minimum Gasteiger partial charge on any atom is -0.308 e. The molecule has 0 aromatic rings. The molecule has 1 N–H and O–H groups in total. The molecule has 1 fully saturated rings. The zero-order valence-corrected chi connectivity index (χ0v) is 12.5. The maximum Gasteiger partial charge on any atom is 0.122 e. The van der Waals surface area contributed by atoms with E-state index < -0.39 is 0 Å². The van der Waals surface area contributed by atoms with E-state index in [4.69, 9.17) is 0 Å². The van der Waals surface area contributed by atoms with Crippen LogP contribution in [0.5, 0.6) is 0 Å². The van der Waals surface area contributed by atoms with E-state index in [0.717, 1.165) is 19.6 Å². The summed E-state index contributed by atoms with van der Waals surface area (Å²) >= 11 is 0. The van der Waals surface area contributed by atoms with Gasteiger partial charge in [0.2, 0.25) is 0 Å². The average molecular weight is 252 g/mol. The minimum atomic E-state index is -0.351. The Bertz CT molecular complexity index is 293. The van der Waals surface area contributed by atoms with Crippen LogP contribution in [0.25, 0.3) is 0 Å². The predicted octanol–water partition coefficient (Wildman–Crippen LogP) is 1.15. The van der Waals surface area contributed by atoms with Crippen molar-refractivity contribution >= 4 is 0 Å². The molecule has 4 nitrogen and oxygen atoms in total. The normalized spacial score (nSPS) is 20.8. The van der Waals surface area contributed by atoms with Crippen molar-refractivity contribution in [3.05, 3.63) is 0 Å². The van der Waals surface area contributed by atoms with Crippen LogP contribution in [0.2, 0.25) is 0 Å². The maximum atomic E-state index is 9.55. The van der Waals surface area contributed by atoms with Gasteiger partial charge in [-0.2, -0.15) is 5.26 Å². The van der Waals surface area contributed by atoms with Crippen molar-refractivity contribution in [2.75, 3.05) is 40.8 Å². The Morgan fingerprint density at radius 1 is 1.44 bits per heavy atom. The summed E-state index contributed by atoms with van der Waals surface area (Å²) in [5.41, 5.74) is -0.351. The van der Waals surface area contributed by atoms with E-state index in [9.17, 15) is 5.26 Å². The summed E-state index contributed by atoms with van der Waals surface area (Å²) < 4.78 is 0. The first kappa shape index (κ1) is 15.4. The van der Waals surface area contributed by atoms with Gasteiger partial charge in [-0.05, 0) is 53.4 Å². The van der Waals surface area contributed by atoms with Gasteiger partial charge in [0.15, 0.2) is 0 Å². The van der Waals surface area contributed by atoms with Gasteiger partial charge in [0, 0.05) is 19.1 Å². The summed E-state index contributed by atoms with van der Waals surface area (Å²) in [5.74, 6) is 0.535. The van der Waals surface area contributed by atoms with Crippen LogP contribution in [0.15, 0.2) is 0 Å². The molecule has 1 aliphatic rings. The third-order valence-corrected chi connectivity index (χ3v) is 4.03. The molecule has 18 heavy (non-hydrogen) atoms. The fourth-order valence-corrected chi connectivity index (χ4v) is 2.71. The van der Waals surface area contributed by atoms with Gasteiger partial charge in [-0.3, -0.25) is 4.90 Å². The van der Waals surface area contributed by atoms with Crippen LogP contribution in [-0.2, 0) is 0 Å². The van der Waals surface area contributed by atoms with Crippen LogP contribution in [0.3, 0.4) is 0 Å². The first-order valence-corrected chi connectivity index (χ1v) is 6.98. The number of likely N-dealkylation sites (N-methyl/N-ethyl adjacent to an activating group) is 3. The molecule has 0 amide bonds. The van der Waals surface area contributed by atoms with Gasteiger partial charge in [-0.15, -0.1) is 0 Å². The second kappa shape index (κ2) is 6.51. The Labute approximate surface area is 112 Å². The number of nitrogens with zero attached hydrogens (tertiary/aromatic N) is 3. The van der Waals surface area contributed by atoms with Crippen molar-refractivity contribution in [1.29, 1.82) is 5.26 Å². The highest BCUT2D eigenvalue weighted by atomic mass is 15.2. The summed E-state index contributed by atoms with van der Waals surface area (Å²) in [7, 11) is 6.12. The SMILES string of the molecule is CCN(CC(C#N)(NC)C1CC1)C(C)CN(C)C. The largest absolute Gasteiger partial charge is 0.308 e. The maximum absolute atomic E-state index is 9.55. The Hall–Kier alpha value is -0.630. The quantitative estimate of drug-likeness (QED) is 0.704. The van der Waals surface area contributed by atoms with Crippen molar-refractivity contribution in [2.24, 2.45) is 5.92 Å². The molecule has 0 aromatic carbocycles. The molecule has 0 radical (unpaired) electrons. The summed E-state index contributed by atoms with van der Waals surface area (Å²) in [6.07, 6.45) is 2.38. The van der Waals surface area contributed by atoms with Gasteiger partial charge >= 0.3 is 0 Å². The second-order valence-electron chi connectivity index (χ2n) is 5.78. The monoisotopic (exact) mass is 252 g/mol. The van der Waals surface area contributed by atoms with Gasteiger partial charge in [0.1, 0.15) is 5.54 Å². The van der Waals surface area contributed by atoms with Crippen molar-refractivity contribution in [2.45, 2.75) is 38.3 Å². The van der Waals surface area contributed by atoms with Gasteiger partial charge < -0.3 is 10.2 Å². The molecule has 1 aliphatic carbocycles. The van der Waals surface area contributed by atoms with E-state index in [2.05, 4.69) is 49.1 Å². The van der Waals surface area contributed by atoms with Crippen molar-refractivity contribution in [3.63, 3.8) is 0 Å². The van der Waals surface area contributed by atoms with Crippen LogP contribution in [0, 0.1) is 17.2 Å². The van der Waals surface area contributed by atoms with Crippen LogP contribution >= 0.6 is 0 Å². The molecule has 4 heteroatoms. The lowest BCUT2D eigenvalue weighted by molar-refractivity contribution is 0.142. The predicted molar refractivity (Wildman–Crippen MR) is 75.4 cm³/mol. The average Bonchev–Trinajstić information content (AvgIpc) is 3.15. The molecule has 104 valence electrons. The van der Waals surface area contributed by atoms with E-state index in [1.165, 1.54) is 12.8 Å². The molecule has 1 rings (SSSR count). The zero-order chi connectivity index (χ0) is 13.8. The molecular formula is C14H28N4. The fourth-order valence-electron chi connectivity index (χ4n) is 2.71. The standard InChI is InChI=1S/C14H28N4/c1-6-18(12(2)9-17(4)5)11-14(10-15,16-3)13-7-8-13/h12-13,16H,6-9,11H2,1-5H3. The number of rotatable bonds is 8. The van der Waals surface area contributed by atoms with Gasteiger partial charge in [-0.25, -0.2) is 0 Å². The Morgan fingerprint density at radius 3 is 2.39 bits per heavy atom. The lowest BCUT2D eigenvalue weighted by Crippen LogP contribution is -2.55. The van der Waals surface area contributed by atoms with E-state index in [1.807, 2.05) is 7.05 Å². The molecule has 1 saturated carbocycles. The highest BCUT2D eigenvalue weighted by molar-refractivity contribution is 5.16. The number of hydrogen-bond acceptors (Lipinski definition) is 4. The van der Waals surface area contributed by atoms with Gasteiger partial charge in [0.05, 0.1) is 6.07 Å². The number of hydrogen-bond donors (Lipinski definition) is 1. The third-order valence-electron chi connectivity index (χ3n) is 4.03. The van der Waals surface area contributed by atoms with Crippen molar-refractivity contribution < 1.29 is 0 Å². The molecular weight excluding hydrogens is 224 g/mol. The molecule has 0 aromatic heterocycles. The van der Waals surface area contributed by atoms with Crippen molar-refractivity contribution in [1.82, 2.24) is 15.1 Å². The highest BCUT2D eigenvalue weighted by Crippen LogP contribution is 2.39. The first-order valence-electron chi connectivity index (χ1n) is 6.98. The Kier molecular flexibility index (Phi) is 5.58. The summed E-state index contributed by atoms with van der Waals surface area (Å²) in [5, 5.41) is 12.8. The molecule has 0 heterocycles. The summed E-state index contributed by atoms with van der Waals surface area (Å²) in [4.78, 5) is 4.62.